The molecule has 1 unspecified atom stereocenters. The van der Waals surface area contributed by atoms with Crippen molar-refractivity contribution in [1.82, 2.24) is 0 Å². The highest BCUT2D eigenvalue weighted by Crippen LogP contribution is 2.15. The van der Waals surface area contributed by atoms with Crippen LogP contribution in [0.15, 0.2) is 0 Å². The molecular weight excluding hydrogens is 356 g/mol. The summed E-state index contributed by atoms with van der Waals surface area (Å²) in [5.74, 6) is 0. The molecule has 0 aliphatic carbocycles. The van der Waals surface area contributed by atoms with Crippen LogP contribution in [0.4, 0.5) is 0 Å². The van der Waals surface area contributed by atoms with Crippen LogP contribution in [0.25, 0.3) is 0 Å². The lowest BCUT2D eigenvalue weighted by Gasteiger charge is -2.04. The van der Waals surface area contributed by atoms with Crippen LogP contribution >= 0.6 is 15.9 Å². The molecule has 1 atom stereocenters. The molecule has 0 spiro atoms. The molecule has 0 aliphatic rings. The summed E-state index contributed by atoms with van der Waals surface area (Å²) < 4.78 is 0. The third-order valence-electron chi connectivity index (χ3n) is 5.21. The fraction of sp³-hybridized carbons (Fsp3) is 1.00. The summed E-state index contributed by atoms with van der Waals surface area (Å²) in [6.07, 6.45) is 29.2. The third-order valence-corrected chi connectivity index (χ3v) is 5.66. The van der Waals surface area contributed by atoms with Crippen molar-refractivity contribution in [1.29, 1.82) is 0 Å². The van der Waals surface area contributed by atoms with Crippen molar-refractivity contribution in [2.24, 2.45) is 0 Å². The van der Waals surface area contributed by atoms with E-state index >= 15 is 0 Å². The van der Waals surface area contributed by atoms with Crippen molar-refractivity contribution in [3.05, 3.63) is 0 Å². The molecule has 0 nitrogen and oxygen atoms in total. The molecule has 0 rings (SSSR count). The Balaban J connectivity index is 2.95. The van der Waals surface area contributed by atoms with E-state index in [2.05, 4.69) is 29.8 Å². The minimum absolute atomic E-state index is 0.711. The Morgan fingerprint density at radius 3 is 0.958 bits per heavy atom. The molecule has 0 amide bonds. The molecule has 0 aliphatic heterocycles. The van der Waals surface area contributed by atoms with Gasteiger partial charge in [0, 0.05) is 4.83 Å². The number of hydrogen-bond donors (Lipinski definition) is 0. The summed E-state index contributed by atoms with van der Waals surface area (Å²) >= 11 is 3.63. The zero-order valence-corrected chi connectivity index (χ0v) is 18.7. The summed E-state index contributed by atoms with van der Waals surface area (Å²) in [6, 6.07) is 0. The molecule has 0 aromatic carbocycles. The second kappa shape index (κ2) is 21.5. The first-order valence-corrected chi connectivity index (χ1v) is 12.3. The highest BCUT2D eigenvalue weighted by molar-refractivity contribution is 9.09. The Morgan fingerprint density at radius 1 is 0.458 bits per heavy atom. The van der Waals surface area contributed by atoms with Gasteiger partial charge < -0.3 is 0 Å². The number of halogens is 1. The van der Waals surface area contributed by atoms with E-state index in [1.54, 1.807) is 0 Å². The summed E-state index contributed by atoms with van der Waals surface area (Å²) in [6.45, 7) is 4.56. The monoisotopic (exact) mass is 402 g/mol. The zero-order valence-electron chi connectivity index (χ0n) is 17.1. The van der Waals surface area contributed by atoms with Crippen molar-refractivity contribution >= 4 is 15.9 Å². The van der Waals surface area contributed by atoms with E-state index in [1.165, 1.54) is 128 Å². The van der Waals surface area contributed by atoms with Gasteiger partial charge in [-0.25, -0.2) is 0 Å². The molecular formula is C23H47Br. The molecule has 146 valence electrons. The molecule has 0 fully saturated rings. The first kappa shape index (κ1) is 24.5. The quantitative estimate of drug-likeness (QED) is 0.140. The fourth-order valence-corrected chi connectivity index (χ4v) is 3.83. The van der Waals surface area contributed by atoms with Gasteiger partial charge in [0.05, 0.1) is 0 Å². The Hall–Kier alpha value is 0.480. The standard InChI is InChI=1S/C23H47Br/c1-3-4-5-6-7-8-9-10-11-12-13-14-15-16-17-18-19-20-21-22-23(2)24/h23H,3-22H2,1-2H3. The number of rotatable bonds is 20. The first-order chi connectivity index (χ1) is 11.8. The topological polar surface area (TPSA) is 0 Å². The molecule has 1 heteroatoms. The average Bonchev–Trinajstić information content (AvgIpc) is 2.56. The molecule has 0 aromatic rings. The van der Waals surface area contributed by atoms with Crippen LogP contribution in [0.2, 0.25) is 0 Å². The van der Waals surface area contributed by atoms with Gasteiger partial charge in [-0.05, 0) is 6.42 Å². The van der Waals surface area contributed by atoms with Gasteiger partial charge in [0.15, 0.2) is 0 Å². The van der Waals surface area contributed by atoms with Crippen LogP contribution < -0.4 is 0 Å². The Morgan fingerprint density at radius 2 is 0.708 bits per heavy atom. The Labute approximate surface area is 163 Å². The predicted molar refractivity (Wildman–Crippen MR) is 116 cm³/mol. The molecule has 24 heavy (non-hydrogen) atoms. The average molecular weight is 404 g/mol. The van der Waals surface area contributed by atoms with E-state index in [0.29, 0.717) is 4.83 Å². The third kappa shape index (κ3) is 22.5. The number of alkyl halides is 1. The van der Waals surface area contributed by atoms with Gasteiger partial charge in [0.2, 0.25) is 0 Å². The SMILES string of the molecule is CCCCCCCCCCCCCCCCCCCCCC(C)Br. The molecule has 0 saturated heterocycles. The lowest BCUT2D eigenvalue weighted by atomic mass is 10.0. The lowest BCUT2D eigenvalue weighted by molar-refractivity contribution is 0.522. The summed E-state index contributed by atoms with van der Waals surface area (Å²) in [5.41, 5.74) is 0. The Bertz CT molecular complexity index is 212. The minimum Gasteiger partial charge on any atom is -0.0894 e. The highest BCUT2D eigenvalue weighted by Gasteiger charge is 1.97. The molecule has 0 aromatic heterocycles. The summed E-state index contributed by atoms with van der Waals surface area (Å²) in [5, 5.41) is 0. The number of unbranched alkanes of at least 4 members (excludes halogenated alkanes) is 18. The minimum atomic E-state index is 0.711. The van der Waals surface area contributed by atoms with Crippen molar-refractivity contribution in [2.45, 2.75) is 147 Å². The van der Waals surface area contributed by atoms with Crippen LogP contribution in [0.5, 0.6) is 0 Å². The van der Waals surface area contributed by atoms with Crippen molar-refractivity contribution in [3.8, 4) is 0 Å². The summed E-state index contributed by atoms with van der Waals surface area (Å²) in [4.78, 5) is 0.711. The van der Waals surface area contributed by atoms with Gasteiger partial charge in [-0.2, -0.15) is 0 Å². The molecule has 0 heterocycles. The van der Waals surface area contributed by atoms with Gasteiger partial charge in [0.25, 0.3) is 0 Å². The van der Waals surface area contributed by atoms with E-state index in [0.717, 1.165) is 0 Å². The molecule has 0 radical (unpaired) electrons. The second-order valence-corrected chi connectivity index (χ2v) is 9.50. The van der Waals surface area contributed by atoms with Gasteiger partial charge in [-0.1, -0.05) is 152 Å². The summed E-state index contributed by atoms with van der Waals surface area (Å²) in [7, 11) is 0. The van der Waals surface area contributed by atoms with Crippen molar-refractivity contribution in [2.75, 3.05) is 0 Å². The smallest absolute Gasteiger partial charge is 0.0117 e. The zero-order chi connectivity index (χ0) is 17.7. The number of hydrogen-bond acceptors (Lipinski definition) is 0. The van der Waals surface area contributed by atoms with E-state index in [9.17, 15) is 0 Å². The molecule has 0 N–H and O–H groups in total. The van der Waals surface area contributed by atoms with Crippen molar-refractivity contribution < 1.29 is 0 Å². The van der Waals surface area contributed by atoms with Gasteiger partial charge in [-0.15, -0.1) is 0 Å². The van der Waals surface area contributed by atoms with Crippen LogP contribution in [-0.2, 0) is 0 Å². The van der Waals surface area contributed by atoms with Crippen LogP contribution in [-0.4, -0.2) is 4.83 Å². The largest absolute Gasteiger partial charge is 0.0894 e. The van der Waals surface area contributed by atoms with Gasteiger partial charge in [0.1, 0.15) is 0 Å². The molecule has 0 saturated carbocycles. The van der Waals surface area contributed by atoms with Crippen LogP contribution in [0.3, 0.4) is 0 Å². The van der Waals surface area contributed by atoms with Crippen LogP contribution in [0, 0.1) is 0 Å². The Kier molecular flexibility index (Phi) is 22.0. The van der Waals surface area contributed by atoms with Crippen molar-refractivity contribution in [3.63, 3.8) is 0 Å². The predicted octanol–water partition coefficient (Wildman–Crippen LogP) is 9.59. The van der Waals surface area contributed by atoms with E-state index < -0.39 is 0 Å². The maximum Gasteiger partial charge on any atom is 0.0117 e. The van der Waals surface area contributed by atoms with Crippen LogP contribution in [0.1, 0.15) is 142 Å². The van der Waals surface area contributed by atoms with E-state index in [4.69, 9.17) is 0 Å². The van der Waals surface area contributed by atoms with E-state index in [1.807, 2.05) is 0 Å². The first-order valence-electron chi connectivity index (χ1n) is 11.4. The van der Waals surface area contributed by atoms with E-state index in [-0.39, 0.29) is 0 Å². The second-order valence-electron chi connectivity index (χ2n) is 7.93. The lowest BCUT2D eigenvalue weighted by Crippen LogP contribution is -1.89. The normalized spacial score (nSPS) is 12.6. The maximum absolute atomic E-state index is 3.63. The maximum atomic E-state index is 3.63. The molecule has 0 bridgehead atoms. The highest BCUT2D eigenvalue weighted by atomic mass is 79.9. The van der Waals surface area contributed by atoms with Gasteiger partial charge in [-0.3, -0.25) is 0 Å². The van der Waals surface area contributed by atoms with Gasteiger partial charge >= 0.3 is 0 Å². The fourth-order valence-electron chi connectivity index (χ4n) is 3.50.